The van der Waals surface area contributed by atoms with E-state index < -0.39 is 0 Å². The number of carbonyl (C=O) groups is 2. The van der Waals surface area contributed by atoms with Crippen molar-refractivity contribution in [1.29, 1.82) is 0 Å². The molecule has 27 heavy (non-hydrogen) atoms. The number of amides is 2. The molecule has 0 aromatic heterocycles. The predicted molar refractivity (Wildman–Crippen MR) is 108 cm³/mol. The maximum atomic E-state index is 13.3. The average molecular weight is 402 g/mol. The summed E-state index contributed by atoms with van der Waals surface area (Å²) in [6.45, 7) is 4.64. The van der Waals surface area contributed by atoms with Gasteiger partial charge in [0.05, 0.1) is 17.9 Å². The smallest absolute Gasteiger partial charge is 0.245 e. The van der Waals surface area contributed by atoms with Crippen LogP contribution in [0, 0.1) is 0 Å². The maximum Gasteiger partial charge on any atom is 0.245 e. The maximum absolute atomic E-state index is 13.3. The molecule has 0 N–H and O–H groups in total. The van der Waals surface area contributed by atoms with Crippen molar-refractivity contribution in [3.05, 3.63) is 47.5 Å². The number of halogens is 1. The van der Waals surface area contributed by atoms with Crippen molar-refractivity contribution in [2.45, 2.75) is 16.7 Å². The SMILES string of the molecule is CC(=O)N1CCN(CC(=O)N2c3ccccc3Sc3ccc(Cl)cc32)CC1. The van der Waals surface area contributed by atoms with E-state index in [9.17, 15) is 9.59 Å². The Hall–Kier alpha value is -2.02. The van der Waals surface area contributed by atoms with Gasteiger partial charge in [0, 0.05) is 47.9 Å². The van der Waals surface area contributed by atoms with Crippen molar-refractivity contribution >= 4 is 46.6 Å². The van der Waals surface area contributed by atoms with Crippen molar-refractivity contribution in [2.24, 2.45) is 0 Å². The van der Waals surface area contributed by atoms with Gasteiger partial charge in [-0.3, -0.25) is 19.4 Å². The van der Waals surface area contributed by atoms with Crippen LogP contribution < -0.4 is 4.90 Å². The molecule has 0 atom stereocenters. The number of nitrogens with zero attached hydrogens (tertiary/aromatic N) is 3. The highest BCUT2D eigenvalue weighted by Crippen LogP contribution is 2.48. The Morgan fingerprint density at radius 2 is 1.70 bits per heavy atom. The van der Waals surface area contributed by atoms with Gasteiger partial charge in [-0.1, -0.05) is 35.5 Å². The van der Waals surface area contributed by atoms with E-state index in [0.717, 1.165) is 21.2 Å². The van der Waals surface area contributed by atoms with Crippen LogP contribution in [0.15, 0.2) is 52.3 Å². The van der Waals surface area contributed by atoms with Crippen LogP contribution in [0.5, 0.6) is 0 Å². The van der Waals surface area contributed by atoms with Gasteiger partial charge < -0.3 is 4.90 Å². The van der Waals surface area contributed by atoms with Crippen LogP contribution in [0.4, 0.5) is 11.4 Å². The van der Waals surface area contributed by atoms with Gasteiger partial charge in [-0.25, -0.2) is 0 Å². The summed E-state index contributed by atoms with van der Waals surface area (Å²) < 4.78 is 0. The van der Waals surface area contributed by atoms with Gasteiger partial charge in [-0.15, -0.1) is 0 Å². The van der Waals surface area contributed by atoms with Gasteiger partial charge in [-0.05, 0) is 30.3 Å². The van der Waals surface area contributed by atoms with Crippen molar-refractivity contribution in [3.8, 4) is 0 Å². The zero-order valence-corrected chi connectivity index (χ0v) is 16.6. The zero-order chi connectivity index (χ0) is 19.0. The molecular formula is C20H20ClN3O2S. The Kier molecular flexibility index (Phi) is 5.12. The molecule has 140 valence electrons. The van der Waals surface area contributed by atoms with Crippen LogP contribution >= 0.6 is 23.4 Å². The van der Waals surface area contributed by atoms with E-state index in [0.29, 0.717) is 37.7 Å². The molecule has 2 aliphatic rings. The van der Waals surface area contributed by atoms with E-state index in [1.807, 2.05) is 47.4 Å². The van der Waals surface area contributed by atoms with E-state index in [4.69, 9.17) is 11.6 Å². The molecule has 0 saturated carbocycles. The summed E-state index contributed by atoms with van der Waals surface area (Å²) in [6.07, 6.45) is 0. The molecule has 2 heterocycles. The predicted octanol–water partition coefficient (Wildman–Crippen LogP) is 3.63. The lowest BCUT2D eigenvalue weighted by Crippen LogP contribution is -2.50. The highest BCUT2D eigenvalue weighted by atomic mass is 35.5. The molecule has 2 aromatic rings. The minimum atomic E-state index is 0.0162. The molecule has 4 rings (SSSR count). The molecule has 1 fully saturated rings. The van der Waals surface area contributed by atoms with E-state index >= 15 is 0 Å². The zero-order valence-electron chi connectivity index (χ0n) is 15.0. The Bertz CT molecular complexity index is 897. The molecule has 0 radical (unpaired) electrons. The normalized spacial score (nSPS) is 16.7. The second-order valence-electron chi connectivity index (χ2n) is 6.69. The summed E-state index contributed by atoms with van der Waals surface area (Å²) >= 11 is 7.87. The highest BCUT2D eigenvalue weighted by Gasteiger charge is 2.30. The lowest BCUT2D eigenvalue weighted by molar-refractivity contribution is -0.130. The number of anilines is 2. The minimum absolute atomic E-state index is 0.0162. The third kappa shape index (κ3) is 3.70. The van der Waals surface area contributed by atoms with E-state index in [1.54, 1.807) is 23.6 Å². The van der Waals surface area contributed by atoms with Crippen LogP contribution in [0.3, 0.4) is 0 Å². The van der Waals surface area contributed by atoms with Crippen LogP contribution in [-0.2, 0) is 9.59 Å². The lowest BCUT2D eigenvalue weighted by atomic mass is 10.2. The number of para-hydroxylation sites is 1. The molecule has 2 aliphatic heterocycles. The van der Waals surface area contributed by atoms with Crippen molar-refractivity contribution in [2.75, 3.05) is 37.6 Å². The summed E-state index contributed by atoms with van der Waals surface area (Å²) in [5.41, 5.74) is 1.73. The fraction of sp³-hybridized carbons (Fsp3) is 0.300. The molecule has 7 heteroatoms. The molecule has 0 bridgehead atoms. The summed E-state index contributed by atoms with van der Waals surface area (Å²) in [5.74, 6) is 0.106. The lowest BCUT2D eigenvalue weighted by Gasteiger charge is -2.36. The van der Waals surface area contributed by atoms with Gasteiger partial charge in [0.1, 0.15) is 0 Å². The van der Waals surface area contributed by atoms with Crippen molar-refractivity contribution in [1.82, 2.24) is 9.80 Å². The highest BCUT2D eigenvalue weighted by molar-refractivity contribution is 7.99. The molecule has 2 aromatic carbocycles. The third-order valence-electron chi connectivity index (χ3n) is 4.91. The van der Waals surface area contributed by atoms with E-state index in [2.05, 4.69) is 4.90 Å². The molecule has 2 amide bonds. The monoisotopic (exact) mass is 401 g/mol. The quantitative estimate of drug-likeness (QED) is 0.770. The van der Waals surface area contributed by atoms with Crippen molar-refractivity contribution < 1.29 is 9.59 Å². The summed E-state index contributed by atoms with van der Waals surface area (Å²) in [5, 5.41) is 0.613. The standard InChI is InChI=1S/C20H20ClN3O2S/c1-14(25)23-10-8-22(9-11-23)13-20(26)24-16-4-2-3-5-18(16)27-19-7-6-15(21)12-17(19)24/h2-7,12H,8-11,13H2,1H3. The topological polar surface area (TPSA) is 43.9 Å². The fourth-order valence-electron chi connectivity index (χ4n) is 3.48. The Morgan fingerprint density at radius 3 is 2.44 bits per heavy atom. The third-order valence-corrected chi connectivity index (χ3v) is 6.28. The number of fused-ring (bicyclic) bond motifs is 2. The Labute approximate surface area is 167 Å². The largest absolute Gasteiger partial charge is 0.340 e. The fourth-order valence-corrected chi connectivity index (χ4v) is 4.68. The minimum Gasteiger partial charge on any atom is -0.340 e. The van der Waals surface area contributed by atoms with Crippen LogP contribution in [0.1, 0.15) is 6.92 Å². The summed E-state index contributed by atoms with van der Waals surface area (Å²) in [6, 6.07) is 13.6. The van der Waals surface area contributed by atoms with Crippen LogP contribution in [0.2, 0.25) is 5.02 Å². The molecule has 5 nitrogen and oxygen atoms in total. The van der Waals surface area contributed by atoms with Gasteiger partial charge in [0.15, 0.2) is 0 Å². The van der Waals surface area contributed by atoms with Crippen LogP contribution in [0.25, 0.3) is 0 Å². The number of piperazine rings is 1. The summed E-state index contributed by atoms with van der Waals surface area (Å²) in [7, 11) is 0. The molecule has 0 aliphatic carbocycles. The van der Waals surface area contributed by atoms with Crippen molar-refractivity contribution in [3.63, 3.8) is 0 Å². The van der Waals surface area contributed by atoms with Gasteiger partial charge >= 0.3 is 0 Å². The first kappa shape index (κ1) is 18.3. The summed E-state index contributed by atoms with van der Waals surface area (Å²) in [4.78, 5) is 32.6. The molecule has 0 unspecified atom stereocenters. The number of hydrogen-bond acceptors (Lipinski definition) is 4. The van der Waals surface area contributed by atoms with Gasteiger partial charge in [-0.2, -0.15) is 0 Å². The Morgan fingerprint density at radius 1 is 1.00 bits per heavy atom. The van der Waals surface area contributed by atoms with Gasteiger partial charge in [0.25, 0.3) is 0 Å². The number of carbonyl (C=O) groups excluding carboxylic acids is 2. The molecular weight excluding hydrogens is 382 g/mol. The molecule has 0 spiro atoms. The number of rotatable bonds is 2. The van der Waals surface area contributed by atoms with Gasteiger partial charge in [0.2, 0.25) is 11.8 Å². The van der Waals surface area contributed by atoms with Crippen LogP contribution in [-0.4, -0.2) is 54.3 Å². The first-order valence-electron chi connectivity index (χ1n) is 8.90. The first-order valence-corrected chi connectivity index (χ1v) is 10.1. The second kappa shape index (κ2) is 7.54. The second-order valence-corrected chi connectivity index (χ2v) is 8.21. The average Bonchev–Trinajstić information content (AvgIpc) is 2.66. The Balaban J connectivity index is 1.58. The number of benzene rings is 2. The van der Waals surface area contributed by atoms with E-state index in [1.165, 1.54) is 0 Å². The number of hydrogen-bond donors (Lipinski definition) is 0. The first-order chi connectivity index (χ1) is 13.0. The molecule has 1 saturated heterocycles. The van der Waals surface area contributed by atoms with E-state index in [-0.39, 0.29) is 11.8 Å².